The summed E-state index contributed by atoms with van der Waals surface area (Å²) in [5.41, 5.74) is 0.301. The molecule has 1 atom stereocenters. The van der Waals surface area contributed by atoms with Crippen molar-refractivity contribution in [3.05, 3.63) is 53.3 Å². The number of hydrogen-bond acceptors (Lipinski definition) is 7. The monoisotopic (exact) mass is 448 g/mol. The molecule has 0 bridgehead atoms. The van der Waals surface area contributed by atoms with Gasteiger partial charge in [-0.1, -0.05) is 24.8 Å². The van der Waals surface area contributed by atoms with Gasteiger partial charge < -0.3 is 14.2 Å². The first-order valence-corrected chi connectivity index (χ1v) is 11.9. The topological polar surface area (TPSA) is 61.8 Å². The number of thioether (sulfide) groups is 2. The summed E-state index contributed by atoms with van der Waals surface area (Å²) in [7, 11) is 1.63. The smallest absolute Gasteiger partial charge is 0.304 e. The molecule has 0 aromatic heterocycles. The van der Waals surface area contributed by atoms with Crippen molar-refractivity contribution in [3.63, 3.8) is 0 Å². The van der Waals surface area contributed by atoms with Crippen LogP contribution in [0.5, 0.6) is 5.75 Å². The highest BCUT2D eigenvalue weighted by atomic mass is 32.2. The molecular formula is C23H28O5S2. The Bertz CT molecular complexity index is 899. The molecule has 162 valence electrons. The Morgan fingerprint density at radius 3 is 2.33 bits per heavy atom. The lowest BCUT2D eigenvalue weighted by molar-refractivity contribution is -0.165. The van der Waals surface area contributed by atoms with Gasteiger partial charge in [0.2, 0.25) is 5.78 Å². The lowest BCUT2D eigenvalue weighted by Crippen LogP contribution is -2.59. The number of methoxy groups -OCH3 is 1. The van der Waals surface area contributed by atoms with Crippen LogP contribution in [-0.2, 0) is 23.1 Å². The second kappa shape index (κ2) is 8.71. The molecule has 1 aromatic carbocycles. The van der Waals surface area contributed by atoms with Crippen molar-refractivity contribution in [2.75, 3.05) is 18.6 Å². The standard InChI is InChI=1S/C23H28O5S2/c1-14(2)22(28-16(5)24)20(25)19(21(22)27-15(3)4)23(29-12-9-13-30-23)17-10-7-8-11-18(17)26-6/h7-8,10-11,15H,1,9,12-13H2,2-6H3. The fourth-order valence-corrected chi connectivity index (χ4v) is 7.31. The van der Waals surface area contributed by atoms with Crippen LogP contribution in [0.3, 0.4) is 0 Å². The molecule has 0 N–H and O–H groups in total. The number of Topliss-reactive ketones (excluding diaryl/α,β-unsaturated/α-hetero) is 1. The summed E-state index contributed by atoms with van der Waals surface area (Å²) in [4.78, 5) is 25.7. The van der Waals surface area contributed by atoms with E-state index in [1.165, 1.54) is 6.92 Å². The van der Waals surface area contributed by atoms with Crippen molar-refractivity contribution in [1.82, 2.24) is 0 Å². The largest absolute Gasteiger partial charge is 0.496 e. The van der Waals surface area contributed by atoms with E-state index in [4.69, 9.17) is 14.2 Å². The van der Waals surface area contributed by atoms with Gasteiger partial charge in [0.05, 0.1) is 18.8 Å². The fourth-order valence-electron chi connectivity index (χ4n) is 3.84. The van der Waals surface area contributed by atoms with Crippen LogP contribution in [0, 0.1) is 0 Å². The molecule has 7 heteroatoms. The van der Waals surface area contributed by atoms with E-state index in [-0.39, 0.29) is 11.9 Å². The zero-order valence-corrected chi connectivity index (χ0v) is 19.7. The van der Waals surface area contributed by atoms with Gasteiger partial charge in [-0.05, 0) is 50.3 Å². The molecular weight excluding hydrogens is 420 g/mol. The second-order valence-electron chi connectivity index (χ2n) is 7.62. The average molecular weight is 449 g/mol. The maximum atomic E-state index is 13.8. The molecule has 1 aromatic rings. The minimum Gasteiger partial charge on any atom is -0.496 e. The Hall–Kier alpha value is -1.86. The van der Waals surface area contributed by atoms with Crippen molar-refractivity contribution in [3.8, 4) is 5.75 Å². The number of rotatable bonds is 7. The lowest BCUT2D eigenvalue weighted by Gasteiger charge is -2.50. The van der Waals surface area contributed by atoms with Crippen molar-refractivity contribution in [1.29, 1.82) is 0 Å². The molecule has 1 saturated heterocycles. The van der Waals surface area contributed by atoms with Gasteiger partial charge in [-0.2, -0.15) is 0 Å². The predicted octanol–water partition coefficient (Wildman–Crippen LogP) is 4.86. The molecule has 0 spiro atoms. The summed E-state index contributed by atoms with van der Waals surface area (Å²) in [6.07, 6.45) is 0.842. The summed E-state index contributed by atoms with van der Waals surface area (Å²) in [6.45, 7) is 10.7. The van der Waals surface area contributed by atoms with Crippen LogP contribution < -0.4 is 4.74 Å². The highest BCUT2D eigenvalue weighted by molar-refractivity contribution is 8.18. The minimum atomic E-state index is -1.57. The maximum absolute atomic E-state index is 13.8. The van der Waals surface area contributed by atoms with Gasteiger partial charge >= 0.3 is 5.97 Å². The van der Waals surface area contributed by atoms with Crippen LogP contribution in [0.2, 0.25) is 0 Å². The third-order valence-electron chi connectivity index (χ3n) is 5.04. The molecule has 0 saturated carbocycles. The van der Waals surface area contributed by atoms with Gasteiger partial charge in [-0.15, -0.1) is 23.5 Å². The average Bonchev–Trinajstić information content (AvgIpc) is 2.71. The van der Waals surface area contributed by atoms with Gasteiger partial charge in [0.25, 0.3) is 5.60 Å². The molecule has 1 unspecified atom stereocenters. The summed E-state index contributed by atoms with van der Waals surface area (Å²) in [5.74, 6) is 2.07. The van der Waals surface area contributed by atoms with Gasteiger partial charge in [-0.3, -0.25) is 9.59 Å². The Kier molecular flexibility index (Phi) is 6.63. The van der Waals surface area contributed by atoms with E-state index < -0.39 is 15.6 Å². The maximum Gasteiger partial charge on any atom is 0.304 e. The molecule has 1 heterocycles. The number of ketones is 1. The molecule has 0 amide bonds. The SMILES string of the molecule is C=C(C)C1(OC(C)=O)C(=O)C(C2(c3ccccc3OC)SCCCS2)=C1OC(C)C. The van der Waals surface area contributed by atoms with E-state index in [1.54, 1.807) is 37.6 Å². The van der Waals surface area contributed by atoms with Crippen LogP contribution in [0.25, 0.3) is 0 Å². The first-order valence-electron chi connectivity index (χ1n) is 9.94. The van der Waals surface area contributed by atoms with Gasteiger partial charge in [0, 0.05) is 12.5 Å². The van der Waals surface area contributed by atoms with Crippen LogP contribution in [0.4, 0.5) is 0 Å². The predicted molar refractivity (Wildman–Crippen MR) is 122 cm³/mol. The Morgan fingerprint density at radius 2 is 1.80 bits per heavy atom. The quantitative estimate of drug-likeness (QED) is 0.436. The van der Waals surface area contributed by atoms with Crippen LogP contribution >= 0.6 is 23.5 Å². The number of ether oxygens (including phenoxy) is 3. The van der Waals surface area contributed by atoms with E-state index >= 15 is 0 Å². The summed E-state index contributed by atoms with van der Waals surface area (Å²) < 4.78 is 16.7. The molecule has 1 fully saturated rings. The summed E-state index contributed by atoms with van der Waals surface area (Å²) >= 11 is 3.39. The van der Waals surface area contributed by atoms with E-state index in [0.29, 0.717) is 22.7 Å². The zero-order chi connectivity index (χ0) is 22.1. The molecule has 2 aliphatic rings. The number of hydrogen-bond donors (Lipinski definition) is 0. The molecule has 30 heavy (non-hydrogen) atoms. The Labute approximate surface area is 186 Å². The van der Waals surface area contributed by atoms with E-state index in [0.717, 1.165) is 23.5 Å². The van der Waals surface area contributed by atoms with Gasteiger partial charge in [0.15, 0.2) is 5.76 Å². The number of carbonyl (C=O) groups is 2. The van der Waals surface area contributed by atoms with Gasteiger partial charge in [0.1, 0.15) is 9.83 Å². The summed E-state index contributed by atoms with van der Waals surface area (Å²) in [5, 5.41) is 0. The first kappa shape index (κ1) is 22.8. The third-order valence-corrected chi connectivity index (χ3v) is 8.39. The summed E-state index contributed by atoms with van der Waals surface area (Å²) in [6, 6.07) is 7.75. The third kappa shape index (κ3) is 3.56. The molecule has 1 aliphatic heterocycles. The van der Waals surface area contributed by atoms with E-state index in [1.807, 2.05) is 38.1 Å². The highest BCUT2D eigenvalue weighted by Crippen LogP contribution is 2.63. The first-order chi connectivity index (χ1) is 14.2. The van der Waals surface area contributed by atoms with Crippen molar-refractivity contribution in [2.45, 2.75) is 49.9 Å². The minimum absolute atomic E-state index is 0.203. The van der Waals surface area contributed by atoms with Gasteiger partial charge in [-0.25, -0.2) is 0 Å². The normalized spacial score (nSPS) is 23.1. The fraction of sp³-hybridized carbons (Fsp3) is 0.478. The molecule has 3 rings (SSSR count). The van der Waals surface area contributed by atoms with Crippen LogP contribution in [0.15, 0.2) is 47.7 Å². The molecule has 1 aliphatic carbocycles. The van der Waals surface area contributed by atoms with Crippen molar-refractivity contribution < 1.29 is 23.8 Å². The number of esters is 1. The molecule has 0 radical (unpaired) electrons. The van der Waals surface area contributed by atoms with Crippen LogP contribution in [0.1, 0.15) is 39.7 Å². The molecule has 5 nitrogen and oxygen atoms in total. The van der Waals surface area contributed by atoms with Crippen molar-refractivity contribution in [2.24, 2.45) is 0 Å². The Balaban J connectivity index is 2.30. The number of carbonyl (C=O) groups excluding carboxylic acids is 2. The zero-order valence-electron chi connectivity index (χ0n) is 18.1. The van der Waals surface area contributed by atoms with Crippen LogP contribution in [-0.4, -0.2) is 42.1 Å². The lowest BCUT2D eigenvalue weighted by atomic mass is 9.70. The van der Waals surface area contributed by atoms with E-state index in [9.17, 15) is 9.59 Å². The number of benzene rings is 1. The van der Waals surface area contributed by atoms with E-state index in [2.05, 4.69) is 6.58 Å². The van der Waals surface area contributed by atoms with Crippen molar-refractivity contribution >= 4 is 35.3 Å². The Morgan fingerprint density at radius 1 is 1.17 bits per heavy atom. The highest BCUT2D eigenvalue weighted by Gasteiger charge is 2.66. The second-order valence-corrected chi connectivity index (χ2v) is 10.5. The number of para-hydroxylation sites is 1.